The smallest absolute Gasteiger partial charge is 0.322 e. The minimum Gasteiger partial charge on any atom is -0.322 e. The summed E-state index contributed by atoms with van der Waals surface area (Å²) in [7, 11) is 0. The lowest BCUT2D eigenvalue weighted by Gasteiger charge is -2.12. The van der Waals surface area contributed by atoms with Crippen molar-refractivity contribution in [3.63, 3.8) is 0 Å². The Hall–Kier alpha value is -4.40. The Labute approximate surface area is 210 Å². The van der Waals surface area contributed by atoms with Gasteiger partial charge in [0.25, 0.3) is 5.91 Å². The standard InChI is InChI=1S/C28H22F3N5O/c1-16-5-6-18(27(37)33-21-4-2-3-20(13-21)28(29,30)31)11-24(16)17-7-10-23-25(12-17)34-35-26(23)19-14-32-36(15-19)22-8-9-22/h2-7,10-15,22H,8-9H2,1H3,(H,33,37)(H,34,35). The number of hydrogen-bond donors (Lipinski definition) is 2. The maximum Gasteiger partial charge on any atom is 0.416 e. The van der Waals surface area contributed by atoms with Crippen LogP contribution in [0.2, 0.25) is 0 Å². The predicted octanol–water partition coefficient (Wildman–Crippen LogP) is 7.01. The Morgan fingerprint density at radius 1 is 1.05 bits per heavy atom. The van der Waals surface area contributed by atoms with Gasteiger partial charge in [-0.05, 0) is 78.9 Å². The van der Waals surface area contributed by atoms with Crippen molar-refractivity contribution >= 4 is 22.5 Å². The molecule has 6 rings (SSSR count). The minimum absolute atomic E-state index is 0.0818. The fourth-order valence-corrected chi connectivity index (χ4v) is 4.46. The SMILES string of the molecule is Cc1ccc(C(=O)Nc2cccc(C(F)(F)F)c2)cc1-c1ccc2c(-c3cnn(C4CC4)c3)n[nH]c2c1. The van der Waals surface area contributed by atoms with E-state index in [2.05, 4.69) is 20.6 Å². The number of halogens is 3. The van der Waals surface area contributed by atoms with Gasteiger partial charge >= 0.3 is 6.18 Å². The first-order valence-electron chi connectivity index (χ1n) is 11.9. The second kappa shape index (κ2) is 8.62. The van der Waals surface area contributed by atoms with Crippen molar-refractivity contribution in [3.05, 3.63) is 89.7 Å². The zero-order valence-corrected chi connectivity index (χ0v) is 19.8. The van der Waals surface area contributed by atoms with Crippen LogP contribution in [0.25, 0.3) is 33.3 Å². The van der Waals surface area contributed by atoms with E-state index >= 15 is 0 Å². The number of amides is 1. The van der Waals surface area contributed by atoms with Crippen LogP contribution in [-0.4, -0.2) is 25.9 Å². The van der Waals surface area contributed by atoms with E-state index in [4.69, 9.17) is 0 Å². The summed E-state index contributed by atoms with van der Waals surface area (Å²) >= 11 is 0. The van der Waals surface area contributed by atoms with Crippen molar-refractivity contribution in [1.82, 2.24) is 20.0 Å². The second-order valence-corrected chi connectivity index (χ2v) is 9.34. The molecule has 5 aromatic rings. The summed E-state index contributed by atoms with van der Waals surface area (Å²) in [5, 5.41) is 15.6. The number of aromatic nitrogens is 4. The largest absolute Gasteiger partial charge is 0.416 e. The van der Waals surface area contributed by atoms with Crippen molar-refractivity contribution in [2.45, 2.75) is 32.0 Å². The van der Waals surface area contributed by atoms with Crippen molar-refractivity contribution in [1.29, 1.82) is 0 Å². The summed E-state index contributed by atoms with van der Waals surface area (Å²) < 4.78 is 41.1. The van der Waals surface area contributed by atoms with E-state index in [1.54, 1.807) is 12.1 Å². The monoisotopic (exact) mass is 501 g/mol. The predicted molar refractivity (Wildman–Crippen MR) is 135 cm³/mol. The average Bonchev–Trinajstić information content (AvgIpc) is 3.46. The van der Waals surface area contributed by atoms with E-state index in [0.717, 1.165) is 63.8 Å². The molecule has 2 N–H and O–H groups in total. The Bertz CT molecular complexity index is 1650. The van der Waals surface area contributed by atoms with Gasteiger partial charge in [0.05, 0.1) is 23.3 Å². The van der Waals surface area contributed by atoms with Crippen LogP contribution < -0.4 is 5.32 Å². The first-order chi connectivity index (χ1) is 17.8. The highest BCUT2D eigenvalue weighted by Gasteiger charge is 2.30. The Balaban J connectivity index is 1.28. The van der Waals surface area contributed by atoms with Crippen molar-refractivity contribution < 1.29 is 18.0 Å². The molecule has 3 aromatic carbocycles. The zero-order valence-electron chi connectivity index (χ0n) is 19.8. The number of H-pyrrole nitrogens is 1. The molecule has 1 fully saturated rings. The fourth-order valence-electron chi connectivity index (χ4n) is 4.46. The molecule has 0 saturated heterocycles. The van der Waals surface area contributed by atoms with E-state index < -0.39 is 17.6 Å². The maximum atomic E-state index is 13.0. The molecule has 186 valence electrons. The normalized spacial score (nSPS) is 13.7. The molecule has 37 heavy (non-hydrogen) atoms. The summed E-state index contributed by atoms with van der Waals surface area (Å²) in [6.07, 6.45) is 1.68. The van der Waals surface area contributed by atoms with Crippen molar-refractivity contribution in [2.75, 3.05) is 5.32 Å². The number of fused-ring (bicyclic) bond motifs is 1. The molecule has 1 aliphatic carbocycles. The highest BCUT2D eigenvalue weighted by Crippen LogP contribution is 2.37. The molecular weight excluding hydrogens is 479 g/mol. The molecule has 2 aromatic heterocycles. The third-order valence-electron chi connectivity index (χ3n) is 6.62. The van der Waals surface area contributed by atoms with Crippen LogP contribution in [-0.2, 0) is 6.18 Å². The molecule has 0 spiro atoms. The number of hydrogen-bond acceptors (Lipinski definition) is 3. The van der Waals surface area contributed by atoms with E-state index in [1.807, 2.05) is 48.3 Å². The van der Waals surface area contributed by atoms with E-state index in [9.17, 15) is 18.0 Å². The quantitative estimate of drug-likeness (QED) is 0.272. The minimum atomic E-state index is -4.49. The first kappa shape index (κ1) is 23.0. The summed E-state index contributed by atoms with van der Waals surface area (Å²) in [4.78, 5) is 12.9. The molecule has 0 aliphatic heterocycles. The summed E-state index contributed by atoms with van der Waals surface area (Å²) in [6.45, 7) is 1.94. The highest BCUT2D eigenvalue weighted by molar-refractivity contribution is 6.05. The van der Waals surface area contributed by atoms with Gasteiger partial charge in [-0.1, -0.05) is 18.2 Å². The van der Waals surface area contributed by atoms with Crippen LogP contribution in [0, 0.1) is 6.92 Å². The van der Waals surface area contributed by atoms with Crippen LogP contribution in [0.15, 0.2) is 73.1 Å². The molecule has 1 aliphatic rings. The molecule has 0 radical (unpaired) electrons. The highest BCUT2D eigenvalue weighted by atomic mass is 19.4. The lowest BCUT2D eigenvalue weighted by atomic mass is 9.96. The third kappa shape index (κ3) is 4.48. The van der Waals surface area contributed by atoms with E-state index in [0.29, 0.717) is 11.6 Å². The summed E-state index contributed by atoms with van der Waals surface area (Å²) in [6, 6.07) is 16.3. The number of nitrogens with zero attached hydrogens (tertiary/aromatic N) is 3. The number of rotatable bonds is 5. The Kier molecular flexibility index (Phi) is 5.36. The molecule has 0 bridgehead atoms. The molecule has 0 unspecified atom stereocenters. The number of nitrogens with one attached hydrogen (secondary N) is 2. The number of anilines is 1. The second-order valence-electron chi connectivity index (χ2n) is 9.34. The lowest BCUT2D eigenvalue weighted by molar-refractivity contribution is -0.137. The number of carbonyl (C=O) groups excluding carboxylic acids is 1. The van der Waals surface area contributed by atoms with Gasteiger partial charge < -0.3 is 5.32 Å². The third-order valence-corrected chi connectivity index (χ3v) is 6.62. The van der Waals surface area contributed by atoms with Gasteiger partial charge in [0.2, 0.25) is 0 Å². The van der Waals surface area contributed by atoms with Crippen LogP contribution in [0.3, 0.4) is 0 Å². The van der Waals surface area contributed by atoms with Gasteiger partial charge in [-0.15, -0.1) is 0 Å². The Morgan fingerprint density at radius 2 is 1.89 bits per heavy atom. The van der Waals surface area contributed by atoms with Gasteiger partial charge in [-0.25, -0.2) is 0 Å². The topological polar surface area (TPSA) is 75.6 Å². The van der Waals surface area contributed by atoms with Crippen LogP contribution in [0.5, 0.6) is 0 Å². The van der Waals surface area contributed by atoms with Gasteiger partial charge in [-0.2, -0.15) is 23.4 Å². The lowest BCUT2D eigenvalue weighted by Crippen LogP contribution is -2.13. The Morgan fingerprint density at radius 3 is 2.68 bits per heavy atom. The van der Waals surface area contributed by atoms with Crippen LogP contribution in [0.4, 0.5) is 18.9 Å². The molecule has 2 heterocycles. The van der Waals surface area contributed by atoms with Gasteiger partial charge in [0, 0.05) is 28.4 Å². The number of carbonyl (C=O) groups is 1. The van der Waals surface area contributed by atoms with Crippen molar-refractivity contribution in [2.24, 2.45) is 0 Å². The van der Waals surface area contributed by atoms with Gasteiger partial charge in [0.15, 0.2) is 0 Å². The molecule has 9 heteroatoms. The van der Waals surface area contributed by atoms with Crippen LogP contribution in [0.1, 0.15) is 40.4 Å². The van der Waals surface area contributed by atoms with Crippen molar-refractivity contribution in [3.8, 4) is 22.4 Å². The maximum absolute atomic E-state index is 13.0. The first-order valence-corrected chi connectivity index (χ1v) is 11.9. The summed E-state index contributed by atoms with van der Waals surface area (Å²) in [5.41, 5.74) is 4.94. The van der Waals surface area contributed by atoms with Crippen LogP contribution >= 0.6 is 0 Å². The van der Waals surface area contributed by atoms with Gasteiger partial charge in [0.1, 0.15) is 5.69 Å². The molecule has 6 nitrogen and oxygen atoms in total. The molecular formula is C28H22F3N5O. The van der Waals surface area contributed by atoms with Gasteiger partial charge in [-0.3, -0.25) is 14.6 Å². The zero-order chi connectivity index (χ0) is 25.7. The number of alkyl halides is 3. The van der Waals surface area contributed by atoms with E-state index in [-0.39, 0.29) is 5.69 Å². The molecule has 0 atom stereocenters. The number of aryl methyl sites for hydroxylation is 1. The fraction of sp³-hybridized carbons (Fsp3) is 0.179. The number of benzene rings is 3. The number of aromatic amines is 1. The molecule has 1 saturated carbocycles. The van der Waals surface area contributed by atoms with E-state index in [1.165, 1.54) is 12.1 Å². The average molecular weight is 502 g/mol. The molecule has 1 amide bonds. The summed E-state index contributed by atoms with van der Waals surface area (Å²) in [5.74, 6) is -0.488.